The van der Waals surface area contributed by atoms with E-state index in [1.807, 2.05) is 0 Å². The summed E-state index contributed by atoms with van der Waals surface area (Å²) < 4.78 is 23.7. The topological polar surface area (TPSA) is 57.1 Å². The van der Waals surface area contributed by atoms with Gasteiger partial charge in [0.25, 0.3) is 0 Å². The first kappa shape index (κ1) is 14.2. The molecule has 0 radical (unpaired) electrons. The first-order valence-electron chi connectivity index (χ1n) is 4.77. The first-order chi connectivity index (χ1) is 8.99. The molecule has 0 bridgehead atoms. The Bertz CT molecular complexity index is 630. The van der Waals surface area contributed by atoms with Crippen LogP contribution in [0.4, 0.5) is 4.39 Å². The Hall–Kier alpha value is -1.18. The zero-order valence-corrected chi connectivity index (χ0v) is 12.4. The van der Waals surface area contributed by atoms with Crippen molar-refractivity contribution in [2.45, 2.75) is 0 Å². The van der Waals surface area contributed by atoms with Crippen LogP contribution in [0.5, 0.6) is 17.8 Å². The predicted octanol–water partition coefficient (Wildman–Crippen LogP) is 3.88. The number of benzene rings is 1. The van der Waals surface area contributed by atoms with Crippen LogP contribution in [0.15, 0.2) is 16.6 Å². The molecule has 0 atom stereocenters. The van der Waals surface area contributed by atoms with Crippen molar-refractivity contribution < 1.29 is 13.9 Å². The Labute approximate surface area is 125 Å². The summed E-state index contributed by atoms with van der Waals surface area (Å²) in [5.74, 6) is -0.488. The molecule has 0 N–H and O–H groups in total. The quantitative estimate of drug-likeness (QED) is 0.769. The molecular weight excluding hydrogens is 364 g/mol. The minimum Gasteiger partial charge on any atom is -0.467 e. The van der Waals surface area contributed by atoms with Gasteiger partial charge in [-0.25, -0.2) is 4.39 Å². The highest BCUT2D eigenvalue weighted by atomic mass is 79.9. The fourth-order valence-electron chi connectivity index (χ4n) is 1.13. The minimum atomic E-state index is -0.536. The smallest absolute Gasteiger partial charge is 0.329 e. The number of rotatable bonds is 3. The molecule has 5 nitrogen and oxygen atoms in total. The van der Waals surface area contributed by atoms with Crippen molar-refractivity contribution in [1.29, 1.82) is 0 Å². The average Bonchev–Trinajstić information content (AvgIpc) is 2.35. The third-order valence-electron chi connectivity index (χ3n) is 1.93. The van der Waals surface area contributed by atoms with Crippen LogP contribution in [-0.2, 0) is 0 Å². The lowest BCUT2D eigenvalue weighted by Gasteiger charge is -2.07. The first-order valence-corrected chi connectivity index (χ1v) is 6.32. The summed E-state index contributed by atoms with van der Waals surface area (Å²) in [7, 11) is 1.36. The molecular formula is C10H5BrCl2FN3O2. The molecule has 1 heterocycles. The van der Waals surface area contributed by atoms with Gasteiger partial charge in [-0.05, 0) is 33.6 Å². The van der Waals surface area contributed by atoms with Gasteiger partial charge in [-0.1, -0.05) is 11.6 Å². The molecule has 0 fully saturated rings. The van der Waals surface area contributed by atoms with Crippen molar-refractivity contribution >= 4 is 39.1 Å². The summed E-state index contributed by atoms with van der Waals surface area (Å²) in [6.45, 7) is 0. The van der Waals surface area contributed by atoms with Crippen molar-refractivity contribution in [3.05, 3.63) is 32.7 Å². The molecule has 0 aliphatic heterocycles. The van der Waals surface area contributed by atoms with E-state index in [4.69, 9.17) is 32.7 Å². The SMILES string of the molecule is COc1nc(Cl)nc(Oc2cc(F)c(Br)cc2Cl)n1. The van der Waals surface area contributed by atoms with Gasteiger partial charge in [-0.15, -0.1) is 4.98 Å². The number of halogens is 4. The van der Waals surface area contributed by atoms with Crippen molar-refractivity contribution in [3.63, 3.8) is 0 Å². The number of nitrogens with zero attached hydrogens (tertiary/aromatic N) is 3. The highest BCUT2D eigenvalue weighted by Gasteiger charge is 2.12. The van der Waals surface area contributed by atoms with Gasteiger partial charge >= 0.3 is 12.0 Å². The Morgan fingerprint density at radius 1 is 1.16 bits per heavy atom. The largest absolute Gasteiger partial charge is 0.467 e. The molecule has 2 rings (SSSR count). The van der Waals surface area contributed by atoms with Crippen LogP contribution < -0.4 is 9.47 Å². The number of ether oxygens (including phenoxy) is 2. The van der Waals surface area contributed by atoms with Gasteiger partial charge in [0.05, 0.1) is 16.6 Å². The van der Waals surface area contributed by atoms with Crippen LogP contribution in [0.25, 0.3) is 0 Å². The lowest BCUT2D eigenvalue weighted by molar-refractivity contribution is 0.358. The van der Waals surface area contributed by atoms with Crippen molar-refractivity contribution in [2.75, 3.05) is 7.11 Å². The van der Waals surface area contributed by atoms with Crippen molar-refractivity contribution in [2.24, 2.45) is 0 Å². The second-order valence-electron chi connectivity index (χ2n) is 3.17. The molecule has 9 heteroatoms. The maximum Gasteiger partial charge on any atom is 0.329 e. The standard InChI is InChI=1S/C10H5BrCl2FN3O2/c1-18-9-15-8(13)16-10(17-9)19-7-3-6(14)4(11)2-5(7)12/h2-3H,1H3. The van der Waals surface area contributed by atoms with E-state index in [2.05, 4.69) is 30.9 Å². The molecule has 0 saturated carbocycles. The number of methoxy groups -OCH3 is 1. The molecule has 100 valence electrons. The molecule has 0 aliphatic carbocycles. The fourth-order valence-corrected chi connectivity index (χ4v) is 1.95. The highest BCUT2D eigenvalue weighted by molar-refractivity contribution is 9.10. The van der Waals surface area contributed by atoms with E-state index in [1.54, 1.807) is 0 Å². The van der Waals surface area contributed by atoms with E-state index in [0.717, 1.165) is 6.07 Å². The van der Waals surface area contributed by atoms with Gasteiger partial charge in [-0.3, -0.25) is 0 Å². The van der Waals surface area contributed by atoms with Crippen molar-refractivity contribution in [1.82, 2.24) is 15.0 Å². The van der Waals surface area contributed by atoms with Crippen molar-refractivity contribution in [3.8, 4) is 17.8 Å². The Morgan fingerprint density at radius 2 is 1.84 bits per heavy atom. The van der Waals surface area contributed by atoms with Crippen LogP contribution in [0.3, 0.4) is 0 Å². The zero-order valence-electron chi connectivity index (χ0n) is 9.32. The van der Waals surface area contributed by atoms with E-state index in [9.17, 15) is 4.39 Å². The zero-order chi connectivity index (χ0) is 14.0. The normalized spacial score (nSPS) is 10.4. The molecule has 0 unspecified atom stereocenters. The Balaban J connectivity index is 2.36. The second-order valence-corrected chi connectivity index (χ2v) is 4.77. The highest BCUT2D eigenvalue weighted by Crippen LogP contribution is 2.33. The third-order valence-corrected chi connectivity index (χ3v) is 3.00. The van der Waals surface area contributed by atoms with Gasteiger partial charge in [0.1, 0.15) is 5.82 Å². The summed E-state index contributed by atoms with van der Waals surface area (Å²) in [4.78, 5) is 11.2. The van der Waals surface area contributed by atoms with E-state index in [1.165, 1.54) is 13.2 Å². The summed E-state index contributed by atoms with van der Waals surface area (Å²) in [5.41, 5.74) is 0. The maximum absolute atomic E-state index is 13.4. The van der Waals surface area contributed by atoms with Gasteiger partial charge in [0, 0.05) is 6.07 Å². The third kappa shape index (κ3) is 3.43. The average molecular weight is 369 g/mol. The molecule has 0 aliphatic rings. The van der Waals surface area contributed by atoms with Crippen LogP contribution in [0, 0.1) is 5.82 Å². The van der Waals surface area contributed by atoms with Crippen LogP contribution in [0.2, 0.25) is 10.3 Å². The van der Waals surface area contributed by atoms with Gasteiger partial charge in [0.15, 0.2) is 5.75 Å². The van der Waals surface area contributed by atoms with E-state index in [0.29, 0.717) is 0 Å². The molecule has 19 heavy (non-hydrogen) atoms. The number of hydrogen-bond donors (Lipinski definition) is 0. The molecule has 1 aromatic heterocycles. The lowest BCUT2D eigenvalue weighted by atomic mass is 10.3. The van der Waals surface area contributed by atoms with Crippen LogP contribution >= 0.6 is 39.1 Å². The number of hydrogen-bond acceptors (Lipinski definition) is 5. The summed E-state index contributed by atoms with van der Waals surface area (Å²) in [6, 6.07) is 2.27. The fraction of sp³-hybridized carbons (Fsp3) is 0.100. The van der Waals surface area contributed by atoms with Crippen LogP contribution in [0.1, 0.15) is 0 Å². The summed E-state index contributed by atoms with van der Waals surface area (Å²) in [5, 5.41) is 0.0688. The van der Waals surface area contributed by atoms with E-state index < -0.39 is 5.82 Å². The molecule has 0 saturated heterocycles. The second kappa shape index (κ2) is 5.85. The van der Waals surface area contributed by atoms with Gasteiger partial charge < -0.3 is 9.47 Å². The Morgan fingerprint density at radius 3 is 2.53 bits per heavy atom. The summed E-state index contributed by atoms with van der Waals surface area (Å²) in [6.07, 6.45) is 0. The van der Waals surface area contributed by atoms with Crippen LogP contribution in [-0.4, -0.2) is 22.1 Å². The molecule has 1 aromatic carbocycles. The van der Waals surface area contributed by atoms with E-state index >= 15 is 0 Å². The molecule has 0 amide bonds. The molecule has 2 aromatic rings. The lowest BCUT2D eigenvalue weighted by Crippen LogP contribution is -1.99. The van der Waals surface area contributed by atoms with E-state index in [-0.39, 0.29) is 32.5 Å². The number of aromatic nitrogens is 3. The predicted molar refractivity (Wildman–Crippen MR) is 70.6 cm³/mol. The van der Waals surface area contributed by atoms with Gasteiger partial charge in [0.2, 0.25) is 5.28 Å². The maximum atomic E-state index is 13.4. The van der Waals surface area contributed by atoms with Gasteiger partial charge in [-0.2, -0.15) is 9.97 Å². The molecule has 0 spiro atoms. The minimum absolute atomic E-state index is 0.0243. The monoisotopic (exact) mass is 367 g/mol. The summed E-state index contributed by atoms with van der Waals surface area (Å²) >= 11 is 14.6. The Kier molecular flexibility index (Phi) is 4.38.